The number of fused-ring (bicyclic) bond motifs is 2. The molecule has 0 aliphatic heterocycles. The Hall–Kier alpha value is -1.46. The van der Waals surface area contributed by atoms with Crippen molar-refractivity contribution in [1.82, 2.24) is 0 Å². The molecule has 0 fully saturated rings. The molecule has 0 unspecified atom stereocenters. The second-order valence-corrected chi connectivity index (χ2v) is 10.4. The fraction of sp³-hybridized carbons (Fsp3) is 0. The van der Waals surface area contributed by atoms with Crippen LogP contribution in [0.1, 0.15) is 0 Å². The number of halogens is 4. The van der Waals surface area contributed by atoms with Gasteiger partial charge in [0.2, 0.25) is 0 Å². The zero-order valence-corrected chi connectivity index (χ0v) is 21.9. The molecule has 0 saturated carbocycles. The highest BCUT2D eigenvalue weighted by Crippen LogP contribution is 2.49. The van der Waals surface area contributed by atoms with E-state index in [1.807, 2.05) is 0 Å². The largest absolute Gasteiger partial charge is 0.0622 e. The van der Waals surface area contributed by atoms with Crippen molar-refractivity contribution in [2.24, 2.45) is 0 Å². The van der Waals surface area contributed by atoms with Gasteiger partial charge in [0, 0.05) is 23.3 Å². The van der Waals surface area contributed by atoms with Gasteiger partial charge in [-0.3, -0.25) is 0 Å². The Kier molecular flexibility index (Phi) is 5.61. The summed E-state index contributed by atoms with van der Waals surface area (Å²) in [4.78, 5) is 0. The van der Waals surface area contributed by atoms with Gasteiger partial charge in [-0.25, -0.2) is 0 Å². The van der Waals surface area contributed by atoms with Crippen molar-refractivity contribution in [2.75, 3.05) is 0 Å². The van der Waals surface area contributed by atoms with Crippen molar-refractivity contribution < 1.29 is 0 Å². The van der Waals surface area contributed by atoms with Crippen LogP contribution in [0.25, 0.3) is 43.8 Å². The van der Waals surface area contributed by atoms with Crippen molar-refractivity contribution in [1.29, 1.82) is 0 Å². The summed E-state index contributed by atoms with van der Waals surface area (Å²) in [5.74, 6) is 0. The molecule has 5 aromatic carbocycles. The van der Waals surface area contributed by atoms with Crippen LogP contribution in [0, 0.1) is 0 Å². The smallest absolute Gasteiger partial charge is 0.0466 e. The van der Waals surface area contributed by atoms with Gasteiger partial charge in [0.25, 0.3) is 0 Å². The van der Waals surface area contributed by atoms with Crippen molar-refractivity contribution in [3.8, 4) is 22.3 Å². The third-order valence-corrected chi connectivity index (χ3v) is 9.13. The number of benzene rings is 5. The molecule has 0 aliphatic rings. The maximum Gasteiger partial charge on any atom is 0.0466 e. The van der Waals surface area contributed by atoms with Gasteiger partial charge in [0.1, 0.15) is 0 Å². The van der Waals surface area contributed by atoms with Crippen LogP contribution in [0.4, 0.5) is 0 Å². The van der Waals surface area contributed by atoms with Crippen LogP contribution in [-0.2, 0) is 0 Å². The predicted molar refractivity (Wildman–Crippen MR) is 143 cm³/mol. The molecule has 0 aromatic heterocycles. The average Bonchev–Trinajstić information content (AvgIpc) is 2.77. The lowest BCUT2D eigenvalue weighted by Gasteiger charge is -2.20. The minimum Gasteiger partial charge on any atom is -0.0622 e. The zero-order chi connectivity index (χ0) is 20.8. The van der Waals surface area contributed by atoms with E-state index in [0.29, 0.717) is 0 Å². The molecule has 4 heteroatoms. The molecule has 0 aliphatic carbocycles. The Morgan fingerprint density at radius 2 is 1.07 bits per heavy atom. The van der Waals surface area contributed by atoms with E-state index in [1.165, 1.54) is 43.8 Å². The lowest BCUT2D eigenvalue weighted by molar-refractivity contribution is 1.58. The molecule has 0 nitrogen and oxygen atoms in total. The molecule has 0 amide bonds. The third-order valence-electron chi connectivity index (χ3n) is 5.33. The molecule has 0 N–H and O–H groups in total. The van der Waals surface area contributed by atoms with Crippen molar-refractivity contribution in [2.45, 2.75) is 0 Å². The summed E-state index contributed by atoms with van der Waals surface area (Å²) in [5, 5.41) is 4.85. The minimum atomic E-state index is 1.02. The van der Waals surface area contributed by atoms with E-state index in [1.54, 1.807) is 0 Å². The van der Waals surface area contributed by atoms with Gasteiger partial charge in [0.15, 0.2) is 0 Å². The summed E-state index contributed by atoms with van der Waals surface area (Å²) >= 11 is 15.1. The molecule has 146 valence electrons. The molecule has 5 rings (SSSR count). The molecule has 5 aromatic rings. The van der Waals surface area contributed by atoms with E-state index in [4.69, 9.17) is 0 Å². The molecule has 0 spiro atoms. The van der Waals surface area contributed by atoms with Crippen LogP contribution in [0.5, 0.6) is 0 Å². The monoisotopic (exact) mass is 642 g/mol. The molecule has 0 bridgehead atoms. The standard InChI is InChI=1S/C26H14Br4/c27-17-11-12-18-19(13-17)22(15-7-3-1-4-8-15)20-14-21(28)25(29)26(30)24(20)23(18)16-9-5-2-6-10-16/h1-14H. The van der Waals surface area contributed by atoms with Crippen molar-refractivity contribution in [3.63, 3.8) is 0 Å². The first-order valence-corrected chi connectivity index (χ1v) is 12.6. The number of hydrogen-bond acceptors (Lipinski definition) is 0. The summed E-state index contributed by atoms with van der Waals surface area (Å²) < 4.78 is 4.16. The Morgan fingerprint density at radius 1 is 0.467 bits per heavy atom. The zero-order valence-electron chi connectivity index (χ0n) is 15.6. The second kappa shape index (κ2) is 8.23. The molecule has 0 atom stereocenters. The maximum absolute atomic E-state index is 3.90. The highest BCUT2D eigenvalue weighted by atomic mass is 79.9. The molecule has 30 heavy (non-hydrogen) atoms. The Bertz CT molecular complexity index is 1410. The Labute approximate surface area is 208 Å². The predicted octanol–water partition coefficient (Wildman–Crippen LogP) is 10.4. The van der Waals surface area contributed by atoms with Gasteiger partial charge >= 0.3 is 0 Å². The van der Waals surface area contributed by atoms with Gasteiger partial charge in [0.05, 0.1) is 0 Å². The summed E-state index contributed by atoms with van der Waals surface area (Å²) in [6, 6.07) is 30.0. The van der Waals surface area contributed by atoms with E-state index in [9.17, 15) is 0 Å². The fourth-order valence-electron chi connectivity index (χ4n) is 4.08. The first kappa shape index (κ1) is 20.4. The maximum atomic E-state index is 3.90. The van der Waals surface area contributed by atoms with E-state index < -0.39 is 0 Å². The summed E-state index contributed by atoms with van der Waals surface area (Å²) in [6.45, 7) is 0. The van der Waals surface area contributed by atoms with Crippen LogP contribution >= 0.6 is 63.7 Å². The summed E-state index contributed by atoms with van der Waals surface area (Å²) in [5.41, 5.74) is 4.86. The van der Waals surface area contributed by atoms with Gasteiger partial charge in [-0.1, -0.05) is 82.7 Å². The number of rotatable bonds is 2. The van der Waals surface area contributed by atoms with Crippen LogP contribution in [0.2, 0.25) is 0 Å². The van der Waals surface area contributed by atoms with Crippen LogP contribution in [0.15, 0.2) is 103 Å². The van der Waals surface area contributed by atoms with E-state index in [0.717, 1.165) is 17.9 Å². The highest BCUT2D eigenvalue weighted by Gasteiger charge is 2.21. The fourth-order valence-corrected chi connectivity index (χ4v) is 6.07. The molecule has 0 heterocycles. The van der Waals surface area contributed by atoms with Crippen LogP contribution in [-0.4, -0.2) is 0 Å². The van der Waals surface area contributed by atoms with E-state index >= 15 is 0 Å². The molecular formula is C26H14Br4. The number of hydrogen-bond donors (Lipinski definition) is 0. The topological polar surface area (TPSA) is 0 Å². The van der Waals surface area contributed by atoms with Crippen LogP contribution < -0.4 is 0 Å². The van der Waals surface area contributed by atoms with E-state index in [-0.39, 0.29) is 0 Å². The lowest BCUT2D eigenvalue weighted by Crippen LogP contribution is -1.93. The average molecular weight is 646 g/mol. The first-order valence-electron chi connectivity index (χ1n) is 9.39. The Balaban J connectivity index is 2.11. The third kappa shape index (κ3) is 3.38. The molecule has 0 radical (unpaired) electrons. The summed E-state index contributed by atoms with van der Waals surface area (Å²) in [7, 11) is 0. The van der Waals surface area contributed by atoms with Gasteiger partial charge < -0.3 is 0 Å². The van der Waals surface area contributed by atoms with Crippen molar-refractivity contribution in [3.05, 3.63) is 103 Å². The minimum absolute atomic E-state index is 1.02. The van der Waals surface area contributed by atoms with Gasteiger partial charge in [-0.15, -0.1) is 0 Å². The van der Waals surface area contributed by atoms with Gasteiger partial charge in [-0.2, -0.15) is 0 Å². The summed E-state index contributed by atoms with van der Waals surface area (Å²) in [6.07, 6.45) is 0. The normalized spacial score (nSPS) is 11.3. The van der Waals surface area contributed by atoms with Gasteiger partial charge in [-0.05, 0) is 104 Å². The highest BCUT2D eigenvalue weighted by molar-refractivity contribution is 9.14. The SMILES string of the molecule is Brc1ccc2c(-c3ccccc3)c3c(Br)c(Br)c(Br)cc3c(-c3ccccc3)c2c1. The van der Waals surface area contributed by atoms with E-state index in [2.05, 4.69) is 149 Å². The quantitative estimate of drug-likeness (QED) is 0.132. The molecule has 0 saturated heterocycles. The second-order valence-electron chi connectivity index (χ2n) is 7.08. The van der Waals surface area contributed by atoms with Crippen LogP contribution in [0.3, 0.4) is 0 Å². The molecular weight excluding hydrogens is 632 g/mol. The Morgan fingerprint density at radius 3 is 1.70 bits per heavy atom. The lowest BCUT2D eigenvalue weighted by atomic mass is 9.86. The van der Waals surface area contributed by atoms with Crippen molar-refractivity contribution >= 4 is 85.3 Å². The first-order chi connectivity index (χ1) is 14.6.